The lowest BCUT2D eigenvalue weighted by Gasteiger charge is -2.29. The van der Waals surface area contributed by atoms with Crippen LogP contribution < -0.4 is 10.1 Å². The van der Waals surface area contributed by atoms with E-state index in [1.807, 2.05) is 12.1 Å². The molecule has 0 radical (unpaired) electrons. The van der Waals surface area contributed by atoms with Gasteiger partial charge in [0, 0.05) is 25.2 Å². The smallest absolute Gasteiger partial charge is 0.118 e. The van der Waals surface area contributed by atoms with Crippen molar-refractivity contribution in [2.24, 2.45) is 0 Å². The van der Waals surface area contributed by atoms with Crippen molar-refractivity contribution in [2.45, 2.75) is 32.4 Å². The van der Waals surface area contributed by atoms with Crippen LogP contribution in [0.5, 0.6) is 5.75 Å². The van der Waals surface area contributed by atoms with Gasteiger partial charge in [0.25, 0.3) is 0 Å². The van der Waals surface area contributed by atoms with Gasteiger partial charge >= 0.3 is 0 Å². The van der Waals surface area contributed by atoms with Crippen molar-refractivity contribution in [3.8, 4) is 5.75 Å². The van der Waals surface area contributed by atoms with Crippen LogP contribution in [0.3, 0.4) is 0 Å². The van der Waals surface area contributed by atoms with E-state index in [-0.39, 0.29) is 0 Å². The average Bonchev–Trinajstić information content (AvgIpc) is 2.63. The van der Waals surface area contributed by atoms with Crippen LogP contribution in [0.4, 0.5) is 0 Å². The molecule has 1 saturated heterocycles. The van der Waals surface area contributed by atoms with Gasteiger partial charge in [0.1, 0.15) is 5.75 Å². The van der Waals surface area contributed by atoms with Crippen molar-refractivity contribution in [2.75, 3.05) is 26.7 Å². The van der Waals surface area contributed by atoms with Gasteiger partial charge < -0.3 is 10.1 Å². The highest BCUT2D eigenvalue weighted by Crippen LogP contribution is 2.23. The zero-order valence-electron chi connectivity index (χ0n) is 11.6. The summed E-state index contributed by atoms with van der Waals surface area (Å²) in [6.07, 6.45) is 1.23. The van der Waals surface area contributed by atoms with Crippen LogP contribution in [0.25, 0.3) is 0 Å². The molecule has 2 atom stereocenters. The maximum atomic E-state index is 5.21. The van der Waals surface area contributed by atoms with Crippen molar-refractivity contribution in [1.82, 2.24) is 10.2 Å². The second kappa shape index (κ2) is 6.21. The second-order valence-electron chi connectivity index (χ2n) is 5.15. The topological polar surface area (TPSA) is 24.5 Å². The minimum atomic E-state index is 0.471. The van der Waals surface area contributed by atoms with E-state index in [1.165, 1.54) is 18.5 Å². The molecule has 3 heteroatoms. The molecule has 0 saturated carbocycles. The summed E-state index contributed by atoms with van der Waals surface area (Å²) < 4.78 is 5.21. The largest absolute Gasteiger partial charge is 0.497 e. The van der Waals surface area contributed by atoms with Crippen LogP contribution in [-0.4, -0.2) is 37.7 Å². The third kappa shape index (κ3) is 3.24. The Bertz CT molecular complexity index is 363. The number of methoxy groups -OCH3 is 1. The first-order chi connectivity index (χ1) is 8.70. The number of hydrogen-bond acceptors (Lipinski definition) is 3. The van der Waals surface area contributed by atoms with Gasteiger partial charge in [-0.05, 0) is 44.5 Å². The summed E-state index contributed by atoms with van der Waals surface area (Å²) in [6.45, 7) is 7.98. The Morgan fingerprint density at radius 1 is 1.33 bits per heavy atom. The number of rotatable bonds is 3. The lowest BCUT2D eigenvalue weighted by molar-refractivity contribution is 0.210. The van der Waals surface area contributed by atoms with Crippen LogP contribution in [0, 0.1) is 0 Å². The molecule has 0 amide bonds. The van der Waals surface area contributed by atoms with Gasteiger partial charge in [0.15, 0.2) is 0 Å². The summed E-state index contributed by atoms with van der Waals surface area (Å²) in [4.78, 5) is 2.56. The Hall–Kier alpha value is -1.06. The molecule has 3 nitrogen and oxygen atoms in total. The zero-order chi connectivity index (χ0) is 13.0. The molecule has 1 aromatic rings. The molecule has 1 heterocycles. The monoisotopic (exact) mass is 248 g/mol. The van der Waals surface area contributed by atoms with Gasteiger partial charge in [-0.3, -0.25) is 4.90 Å². The molecule has 0 bridgehead atoms. The number of hydrogen-bond donors (Lipinski definition) is 1. The Morgan fingerprint density at radius 2 is 2.06 bits per heavy atom. The fourth-order valence-electron chi connectivity index (χ4n) is 2.58. The van der Waals surface area contributed by atoms with Gasteiger partial charge in [-0.2, -0.15) is 0 Å². The van der Waals surface area contributed by atoms with E-state index in [9.17, 15) is 0 Å². The fraction of sp³-hybridized carbons (Fsp3) is 0.600. The molecule has 1 N–H and O–H groups in total. The second-order valence-corrected chi connectivity index (χ2v) is 5.15. The van der Waals surface area contributed by atoms with Crippen molar-refractivity contribution >= 4 is 0 Å². The van der Waals surface area contributed by atoms with E-state index in [1.54, 1.807) is 7.11 Å². The van der Waals surface area contributed by atoms with Crippen molar-refractivity contribution in [3.63, 3.8) is 0 Å². The molecule has 2 rings (SSSR count). The minimum Gasteiger partial charge on any atom is -0.497 e. The maximum Gasteiger partial charge on any atom is 0.118 e. The van der Waals surface area contributed by atoms with Gasteiger partial charge in [0.05, 0.1) is 7.11 Å². The highest BCUT2D eigenvalue weighted by Gasteiger charge is 2.20. The molecule has 100 valence electrons. The molecule has 2 unspecified atom stereocenters. The van der Waals surface area contributed by atoms with Crippen molar-refractivity contribution in [3.05, 3.63) is 29.8 Å². The quantitative estimate of drug-likeness (QED) is 0.889. The van der Waals surface area contributed by atoms with Crippen LogP contribution >= 0.6 is 0 Å². The standard InChI is InChI=1S/C15H24N2O/c1-12-11-17(10-4-9-16-12)13(2)14-5-7-15(18-3)8-6-14/h5-8,12-13,16H,4,9-11H2,1-3H3. The maximum absolute atomic E-state index is 5.21. The van der Waals surface area contributed by atoms with Gasteiger partial charge in [-0.25, -0.2) is 0 Å². The van der Waals surface area contributed by atoms with Gasteiger partial charge in [-0.15, -0.1) is 0 Å². The Balaban J connectivity index is 2.06. The summed E-state index contributed by atoms with van der Waals surface area (Å²) in [5, 5.41) is 3.54. The molecule has 1 fully saturated rings. The minimum absolute atomic E-state index is 0.471. The third-order valence-corrected chi connectivity index (χ3v) is 3.77. The lowest BCUT2D eigenvalue weighted by Crippen LogP contribution is -2.36. The fourth-order valence-corrected chi connectivity index (χ4v) is 2.58. The van der Waals surface area contributed by atoms with Crippen molar-refractivity contribution < 1.29 is 4.74 Å². The molecule has 0 aromatic heterocycles. The van der Waals surface area contributed by atoms with Crippen LogP contribution in [0.2, 0.25) is 0 Å². The molecular weight excluding hydrogens is 224 g/mol. The first-order valence-corrected chi connectivity index (χ1v) is 6.82. The van der Waals surface area contributed by atoms with E-state index in [0.29, 0.717) is 12.1 Å². The van der Waals surface area contributed by atoms with E-state index in [0.717, 1.165) is 18.8 Å². The van der Waals surface area contributed by atoms with E-state index >= 15 is 0 Å². The van der Waals surface area contributed by atoms with Crippen molar-refractivity contribution in [1.29, 1.82) is 0 Å². The lowest BCUT2D eigenvalue weighted by atomic mass is 10.1. The zero-order valence-corrected chi connectivity index (χ0v) is 11.6. The highest BCUT2D eigenvalue weighted by atomic mass is 16.5. The Kier molecular flexibility index (Phi) is 4.61. The Labute approximate surface area is 110 Å². The van der Waals surface area contributed by atoms with Crippen LogP contribution in [0.1, 0.15) is 31.9 Å². The first kappa shape index (κ1) is 13.4. The number of ether oxygens (including phenoxy) is 1. The summed E-state index contributed by atoms with van der Waals surface area (Å²) in [5.74, 6) is 0.928. The van der Waals surface area contributed by atoms with Crippen LogP contribution in [0.15, 0.2) is 24.3 Å². The average molecular weight is 248 g/mol. The summed E-state index contributed by atoms with van der Waals surface area (Å²) in [5.41, 5.74) is 1.37. The molecule has 0 aliphatic carbocycles. The molecule has 18 heavy (non-hydrogen) atoms. The third-order valence-electron chi connectivity index (χ3n) is 3.77. The summed E-state index contributed by atoms with van der Waals surface area (Å²) >= 11 is 0. The normalized spacial score (nSPS) is 23.4. The molecule has 1 aliphatic rings. The van der Waals surface area contributed by atoms with Gasteiger partial charge in [-0.1, -0.05) is 12.1 Å². The molecule has 1 aromatic carbocycles. The van der Waals surface area contributed by atoms with E-state index < -0.39 is 0 Å². The highest BCUT2D eigenvalue weighted by molar-refractivity contribution is 5.28. The number of benzene rings is 1. The molecular formula is C15H24N2O. The summed E-state index contributed by atoms with van der Waals surface area (Å²) in [6, 6.07) is 9.49. The van der Waals surface area contributed by atoms with E-state index in [2.05, 4.69) is 36.2 Å². The molecule has 1 aliphatic heterocycles. The number of nitrogens with zero attached hydrogens (tertiary/aromatic N) is 1. The van der Waals surface area contributed by atoms with E-state index in [4.69, 9.17) is 4.74 Å². The first-order valence-electron chi connectivity index (χ1n) is 6.82. The van der Waals surface area contributed by atoms with Crippen LogP contribution in [-0.2, 0) is 0 Å². The Morgan fingerprint density at radius 3 is 2.72 bits per heavy atom. The number of nitrogens with one attached hydrogen (secondary N) is 1. The molecule has 0 spiro atoms. The summed E-state index contributed by atoms with van der Waals surface area (Å²) in [7, 11) is 1.71. The SMILES string of the molecule is COc1ccc(C(C)N2CCCNC(C)C2)cc1. The predicted octanol–water partition coefficient (Wildman–Crippen LogP) is 2.44. The predicted molar refractivity (Wildman–Crippen MR) is 75.1 cm³/mol. The van der Waals surface area contributed by atoms with Gasteiger partial charge in [0.2, 0.25) is 0 Å².